The molecular formula is C14H21ClO2SSi. The van der Waals surface area contributed by atoms with Crippen LogP contribution in [0.4, 0.5) is 0 Å². The van der Waals surface area contributed by atoms with Crippen LogP contribution in [0, 0.1) is 0 Å². The Balaban J connectivity index is 2.35. The highest BCUT2D eigenvalue weighted by atomic mass is 35.5. The zero-order valence-corrected chi connectivity index (χ0v) is 14.3. The van der Waals surface area contributed by atoms with Gasteiger partial charge in [0.15, 0.2) is 11.1 Å². The third-order valence-corrected chi connectivity index (χ3v) is 8.01. The molecule has 0 spiro atoms. The molecule has 106 valence electrons. The van der Waals surface area contributed by atoms with Crippen molar-refractivity contribution < 1.29 is 8.39 Å². The van der Waals surface area contributed by atoms with Crippen LogP contribution in [-0.2, 0) is 21.7 Å². The van der Waals surface area contributed by atoms with Crippen LogP contribution in [0.5, 0.6) is 0 Å². The molecule has 1 unspecified atom stereocenters. The van der Waals surface area contributed by atoms with Crippen molar-refractivity contribution >= 4 is 30.8 Å². The molecule has 2 nitrogen and oxygen atoms in total. The maximum Gasteiger partial charge on any atom is 0.181 e. The van der Waals surface area contributed by atoms with E-state index < -0.39 is 19.2 Å². The van der Waals surface area contributed by atoms with E-state index in [1.54, 1.807) is 0 Å². The molecule has 5 heteroatoms. The minimum atomic E-state index is -1.67. The lowest BCUT2D eigenvalue weighted by Gasteiger charge is -2.18. The Labute approximate surface area is 124 Å². The van der Waals surface area contributed by atoms with E-state index in [0.29, 0.717) is 6.61 Å². The molecule has 0 aliphatic heterocycles. The molecule has 0 fully saturated rings. The summed E-state index contributed by atoms with van der Waals surface area (Å²) in [5.74, 6) is 0. The average Bonchev–Trinajstić information content (AvgIpc) is 2.35. The molecule has 0 amide bonds. The summed E-state index contributed by atoms with van der Waals surface area (Å²) in [5.41, 5.74) is 2.70. The minimum absolute atomic E-state index is 0.486. The van der Waals surface area contributed by atoms with E-state index in [-0.39, 0.29) is 0 Å². The maximum atomic E-state index is 12.0. The predicted octanol–water partition coefficient (Wildman–Crippen LogP) is 4.26. The highest BCUT2D eigenvalue weighted by molar-refractivity contribution is 7.87. The average molecular weight is 317 g/mol. The summed E-state index contributed by atoms with van der Waals surface area (Å²) < 4.78 is 18.2. The summed E-state index contributed by atoms with van der Waals surface area (Å²) in [6.45, 7) is 6.80. The van der Waals surface area contributed by atoms with E-state index in [2.05, 4.69) is 31.8 Å². The lowest BCUT2D eigenvalue weighted by atomic mass is 10.1. The Bertz CT molecular complexity index is 441. The number of halogens is 1. The SMILES string of the molecule is C[Si](C)(C)/C(=C/Cl)S(=O)OCCCc1ccccc1. The molecule has 1 aromatic rings. The molecule has 1 atom stereocenters. The van der Waals surface area contributed by atoms with Crippen molar-refractivity contribution in [2.24, 2.45) is 0 Å². The first-order chi connectivity index (χ1) is 8.95. The topological polar surface area (TPSA) is 26.3 Å². The second kappa shape index (κ2) is 8.00. The molecule has 1 aromatic carbocycles. The molecule has 19 heavy (non-hydrogen) atoms. The zero-order chi connectivity index (χ0) is 14.3. The first-order valence-corrected chi connectivity index (χ1v) is 11.4. The Morgan fingerprint density at radius 1 is 1.32 bits per heavy atom. The van der Waals surface area contributed by atoms with Crippen molar-refractivity contribution in [2.75, 3.05) is 6.61 Å². The molecule has 0 saturated carbocycles. The second-order valence-electron chi connectivity index (χ2n) is 5.37. The van der Waals surface area contributed by atoms with Crippen molar-refractivity contribution in [2.45, 2.75) is 32.5 Å². The molecule has 0 aromatic heterocycles. The molecule has 0 aliphatic rings. The summed E-state index contributed by atoms with van der Waals surface area (Å²) >= 11 is 4.36. The Morgan fingerprint density at radius 3 is 2.47 bits per heavy atom. The monoisotopic (exact) mass is 316 g/mol. The molecular weight excluding hydrogens is 296 g/mol. The zero-order valence-electron chi connectivity index (χ0n) is 11.7. The van der Waals surface area contributed by atoms with Crippen molar-refractivity contribution in [1.29, 1.82) is 0 Å². The van der Waals surface area contributed by atoms with Crippen LogP contribution in [-0.4, -0.2) is 18.9 Å². The standard InChI is InChI=1S/C14H21ClO2SSi/c1-19(2,3)14(12-15)18(16)17-11-7-10-13-8-5-4-6-9-13/h4-6,8-9,12H,7,10-11H2,1-3H3/b14-12+. The number of hydrogen-bond donors (Lipinski definition) is 0. The van der Waals surface area contributed by atoms with Gasteiger partial charge in [-0.3, -0.25) is 4.18 Å². The van der Waals surface area contributed by atoms with Gasteiger partial charge in [-0.05, 0) is 18.4 Å². The summed E-state index contributed by atoms with van der Waals surface area (Å²) in [5, 5.41) is 0. The fraction of sp³-hybridized carbons (Fsp3) is 0.429. The van der Waals surface area contributed by atoms with Crippen LogP contribution < -0.4 is 0 Å². The van der Waals surface area contributed by atoms with Gasteiger partial charge in [-0.1, -0.05) is 61.6 Å². The van der Waals surface area contributed by atoms with Crippen molar-refractivity contribution in [3.05, 3.63) is 46.0 Å². The normalized spacial score (nSPS) is 14.4. The summed E-state index contributed by atoms with van der Waals surface area (Å²) in [6, 6.07) is 10.2. The van der Waals surface area contributed by atoms with Crippen LogP contribution in [0.25, 0.3) is 0 Å². The van der Waals surface area contributed by atoms with Gasteiger partial charge in [-0.15, -0.1) is 0 Å². The fourth-order valence-corrected chi connectivity index (χ4v) is 5.74. The molecule has 0 heterocycles. The summed E-state index contributed by atoms with van der Waals surface area (Å²) in [7, 11) is -1.67. The van der Waals surface area contributed by atoms with Gasteiger partial charge in [0.05, 0.1) is 14.7 Å². The fourth-order valence-electron chi connectivity index (χ4n) is 1.57. The van der Waals surface area contributed by atoms with Crippen molar-refractivity contribution in [1.82, 2.24) is 0 Å². The van der Waals surface area contributed by atoms with Gasteiger partial charge in [-0.25, -0.2) is 4.21 Å². The van der Waals surface area contributed by atoms with Crippen LogP contribution >= 0.6 is 11.6 Å². The van der Waals surface area contributed by atoms with E-state index in [0.717, 1.165) is 17.4 Å². The molecule has 0 N–H and O–H groups in total. The van der Waals surface area contributed by atoms with Gasteiger partial charge in [-0.2, -0.15) is 0 Å². The van der Waals surface area contributed by atoms with E-state index in [1.165, 1.54) is 11.1 Å². The molecule has 1 rings (SSSR count). The van der Waals surface area contributed by atoms with E-state index in [1.807, 2.05) is 18.2 Å². The van der Waals surface area contributed by atoms with E-state index in [4.69, 9.17) is 15.8 Å². The largest absolute Gasteiger partial charge is 0.287 e. The maximum absolute atomic E-state index is 12.0. The van der Waals surface area contributed by atoms with E-state index in [9.17, 15) is 4.21 Å². The van der Waals surface area contributed by atoms with Gasteiger partial charge >= 0.3 is 0 Å². The highest BCUT2D eigenvalue weighted by Crippen LogP contribution is 2.20. The first-order valence-electron chi connectivity index (χ1n) is 6.35. The lowest BCUT2D eigenvalue weighted by molar-refractivity contribution is 0.344. The van der Waals surface area contributed by atoms with Crippen molar-refractivity contribution in [3.63, 3.8) is 0 Å². The number of hydrogen-bond acceptors (Lipinski definition) is 2. The number of aryl methyl sites for hydroxylation is 1. The third kappa shape index (κ3) is 6.04. The molecule has 0 bridgehead atoms. The highest BCUT2D eigenvalue weighted by Gasteiger charge is 2.25. The number of benzene rings is 1. The minimum Gasteiger partial charge on any atom is -0.287 e. The molecule has 0 radical (unpaired) electrons. The lowest BCUT2D eigenvalue weighted by Crippen LogP contribution is -2.27. The third-order valence-electron chi connectivity index (χ3n) is 2.66. The second-order valence-corrected chi connectivity index (χ2v) is 12.1. The Hall–Kier alpha value is -0.423. The van der Waals surface area contributed by atoms with Crippen LogP contribution in [0.1, 0.15) is 12.0 Å². The smallest absolute Gasteiger partial charge is 0.181 e. The number of rotatable bonds is 7. The van der Waals surface area contributed by atoms with E-state index >= 15 is 0 Å². The van der Waals surface area contributed by atoms with Gasteiger partial charge in [0.25, 0.3) is 0 Å². The predicted molar refractivity (Wildman–Crippen MR) is 86.1 cm³/mol. The van der Waals surface area contributed by atoms with Crippen LogP contribution in [0.15, 0.2) is 40.4 Å². The van der Waals surface area contributed by atoms with Crippen LogP contribution in [0.3, 0.4) is 0 Å². The first kappa shape index (κ1) is 16.6. The summed E-state index contributed by atoms with van der Waals surface area (Å²) in [6.07, 6.45) is 1.79. The van der Waals surface area contributed by atoms with Gasteiger partial charge in [0.2, 0.25) is 0 Å². The summed E-state index contributed by atoms with van der Waals surface area (Å²) in [4.78, 5) is 0. The Morgan fingerprint density at radius 2 is 1.95 bits per heavy atom. The Kier molecular flexibility index (Phi) is 7.00. The van der Waals surface area contributed by atoms with Gasteiger partial charge in [0.1, 0.15) is 0 Å². The molecule has 0 aliphatic carbocycles. The quantitative estimate of drug-likeness (QED) is 0.555. The van der Waals surface area contributed by atoms with Gasteiger partial charge < -0.3 is 0 Å². The van der Waals surface area contributed by atoms with Crippen molar-refractivity contribution in [3.8, 4) is 0 Å². The van der Waals surface area contributed by atoms with Crippen LogP contribution in [0.2, 0.25) is 19.6 Å². The molecule has 0 saturated heterocycles. The van der Waals surface area contributed by atoms with Gasteiger partial charge in [0, 0.05) is 10.1 Å².